The van der Waals surface area contributed by atoms with E-state index in [1.165, 1.54) is 0 Å². The molecule has 0 amide bonds. The van der Waals surface area contributed by atoms with Gasteiger partial charge in [-0.2, -0.15) is 0 Å². The Morgan fingerprint density at radius 1 is 0.952 bits per heavy atom. The van der Waals surface area contributed by atoms with Gasteiger partial charge in [-0.25, -0.2) is 0 Å². The van der Waals surface area contributed by atoms with Gasteiger partial charge in [-0.05, 0) is 24.3 Å². The third-order valence-electron chi connectivity index (χ3n) is 2.79. The van der Waals surface area contributed by atoms with E-state index in [1.807, 2.05) is 42.5 Å². The predicted octanol–water partition coefficient (Wildman–Crippen LogP) is 3.82. The highest BCUT2D eigenvalue weighted by Crippen LogP contribution is 2.23. The molecular weight excluding hydrogens is 306 g/mol. The van der Waals surface area contributed by atoms with Crippen molar-refractivity contribution in [3.05, 3.63) is 59.1 Å². The highest BCUT2D eigenvalue weighted by Gasteiger charge is 2.05. The maximum atomic E-state index is 6.00. The van der Waals surface area contributed by atoms with E-state index in [-0.39, 0.29) is 0 Å². The van der Waals surface area contributed by atoms with Crippen molar-refractivity contribution in [1.82, 2.24) is 0 Å². The second kappa shape index (κ2) is 7.86. The zero-order valence-corrected chi connectivity index (χ0v) is 13.0. The number of para-hydroxylation sites is 2. The van der Waals surface area contributed by atoms with E-state index in [9.17, 15) is 0 Å². The summed E-state index contributed by atoms with van der Waals surface area (Å²) in [6.45, 7) is 1.04. The standard InChI is InChI=1S/C16H16ClNO2S/c17-13-7-2-4-9-15(13)20-11-5-10-19-14-8-3-1-6-12(14)16(18)21/h1-4,6-9H,5,10-11H2,(H2,18,21). The zero-order valence-electron chi connectivity index (χ0n) is 11.4. The smallest absolute Gasteiger partial charge is 0.137 e. The van der Waals surface area contributed by atoms with Gasteiger partial charge in [-0.1, -0.05) is 48.1 Å². The van der Waals surface area contributed by atoms with Gasteiger partial charge in [0.25, 0.3) is 0 Å². The van der Waals surface area contributed by atoms with Crippen LogP contribution in [0.15, 0.2) is 48.5 Å². The Morgan fingerprint density at radius 2 is 1.52 bits per heavy atom. The summed E-state index contributed by atoms with van der Waals surface area (Å²) in [5, 5.41) is 0.609. The fourth-order valence-corrected chi connectivity index (χ4v) is 2.14. The number of hydrogen-bond donors (Lipinski definition) is 1. The molecule has 0 spiro atoms. The van der Waals surface area contributed by atoms with Crippen LogP contribution < -0.4 is 15.2 Å². The molecule has 110 valence electrons. The van der Waals surface area contributed by atoms with Crippen molar-refractivity contribution in [3.8, 4) is 11.5 Å². The minimum absolute atomic E-state index is 0.331. The fourth-order valence-electron chi connectivity index (χ4n) is 1.78. The van der Waals surface area contributed by atoms with Crippen molar-refractivity contribution >= 4 is 28.8 Å². The monoisotopic (exact) mass is 321 g/mol. The molecule has 2 aromatic rings. The summed E-state index contributed by atoms with van der Waals surface area (Å²) in [6.07, 6.45) is 0.733. The number of halogens is 1. The molecule has 0 aromatic heterocycles. The Morgan fingerprint density at radius 3 is 2.19 bits per heavy atom. The molecule has 0 saturated heterocycles. The molecule has 0 aliphatic carbocycles. The van der Waals surface area contributed by atoms with Gasteiger partial charge in [0, 0.05) is 6.42 Å². The average Bonchev–Trinajstić information content (AvgIpc) is 2.49. The molecule has 2 rings (SSSR count). The van der Waals surface area contributed by atoms with Crippen LogP contribution in [0, 0.1) is 0 Å². The van der Waals surface area contributed by atoms with Crippen molar-refractivity contribution in [2.45, 2.75) is 6.42 Å². The third-order valence-corrected chi connectivity index (χ3v) is 3.33. The second-order valence-electron chi connectivity index (χ2n) is 4.34. The second-order valence-corrected chi connectivity index (χ2v) is 5.19. The van der Waals surface area contributed by atoms with Gasteiger partial charge in [-0.3, -0.25) is 0 Å². The topological polar surface area (TPSA) is 44.5 Å². The normalized spacial score (nSPS) is 10.1. The molecule has 0 atom stereocenters. The van der Waals surface area contributed by atoms with Gasteiger partial charge >= 0.3 is 0 Å². The molecule has 0 fully saturated rings. The average molecular weight is 322 g/mol. The van der Waals surface area contributed by atoms with Gasteiger partial charge in [0.15, 0.2) is 0 Å². The summed E-state index contributed by atoms with van der Waals surface area (Å²) in [4.78, 5) is 0.331. The van der Waals surface area contributed by atoms with Gasteiger partial charge in [0.05, 0.1) is 23.8 Å². The molecule has 0 aliphatic heterocycles. The minimum Gasteiger partial charge on any atom is -0.493 e. The molecule has 0 saturated carbocycles. The van der Waals surface area contributed by atoms with E-state index in [0.717, 1.165) is 12.0 Å². The van der Waals surface area contributed by atoms with Gasteiger partial charge < -0.3 is 15.2 Å². The maximum Gasteiger partial charge on any atom is 0.137 e. The van der Waals surface area contributed by atoms with Crippen molar-refractivity contribution in [2.24, 2.45) is 5.73 Å². The lowest BCUT2D eigenvalue weighted by atomic mass is 10.2. The molecule has 5 heteroatoms. The van der Waals surface area contributed by atoms with E-state index in [4.69, 9.17) is 39.0 Å². The first-order chi connectivity index (χ1) is 10.2. The summed E-state index contributed by atoms with van der Waals surface area (Å²) in [5.74, 6) is 1.38. The lowest BCUT2D eigenvalue weighted by molar-refractivity contribution is 0.247. The lowest BCUT2D eigenvalue weighted by Gasteiger charge is -2.11. The summed E-state index contributed by atoms with van der Waals surface area (Å²) in [5.41, 5.74) is 6.40. The predicted molar refractivity (Wildman–Crippen MR) is 89.4 cm³/mol. The van der Waals surface area contributed by atoms with Crippen LogP contribution >= 0.6 is 23.8 Å². The van der Waals surface area contributed by atoms with Gasteiger partial charge in [0.1, 0.15) is 16.5 Å². The fraction of sp³-hybridized carbons (Fsp3) is 0.188. The third kappa shape index (κ3) is 4.62. The zero-order chi connectivity index (χ0) is 15.1. The number of nitrogens with two attached hydrogens (primary N) is 1. The van der Waals surface area contributed by atoms with E-state index < -0.39 is 0 Å². The number of rotatable bonds is 7. The molecule has 0 unspecified atom stereocenters. The van der Waals surface area contributed by atoms with E-state index in [0.29, 0.717) is 34.7 Å². The van der Waals surface area contributed by atoms with Crippen LogP contribution in [0.25, 0.3) is 0 Å². The highest BCUT2D eigenvalue weighted by atomic mass is 35.5. The number of benzene rings is 2. The van der Waals surface area contributed by atoms with Crippen LogP contribution in [0.3, 0.4) is 0 Å². The number of thiocarbonyl (C=S) groups is 1. The van der Waals surface area contributed by atoms with Gasteiger partial charge in [-0.15, -0.1) is 0 Å². The van der Waals surface area contributed by atoms with Crippen LogP contribution in [0.2, 0.25) is 5.02 Å². The molecule has 2 aromatic carbocycles. The Bertz CT molecular complexity index is 619. The van der Waals surface area contributed by atoms with Crippen LogP contribution in [0.5, 0.6) is 11.5 Å². The maximum absolute atomic E-state index is 6.00. The lowest BCUT2D eigenvalue weighted by Crippen LogP contribution is -2.12. The summed E-state index contributed by atoms with van der Waals surface area (Å²) >= 11 is 11.0. The molecule has 0 radical (unpaired) electrons. The molecule has 3 nitrogen and oxygen atoms in total. The molecule has 2 N–H and O–H groups in total. The Balaban J connectivity index is 1.78. The van der Waals surface area contributed by atoms with E-state index in [2.05, 4.69) is 0 Å². The highest BCUT2D eigenvalue weighted by molar-refractivity contribution is 7.80. The summed E-state index contributed by atoms with van der Waals surface area (Å²) in [7, 11) is 0. The van der Waals surface area contributed by atoms with Crippen LogP contribution in [-0.2, 0) is 0 Å². The SMILES string of the molecule is NC(=S)c1ccccc1OCCCOc1ccccc1Cl. The number of ether oxygens (including phenoxy) is 2. The van der Waals surface area contributed by atoms with Crippen molar-refractivity contribution in [1.29, 1.82) is 0 Å². The Labute approximate surface area is 134 Å². The van der Waals surface area contributed by atoms with Crippen LogP contribution in [0.1, 0.15) is 12.0 Å². The first-order valence-corrected chi connectivity index (χ1v) is 7.36. The molecule has 0 heterocycles. The molecule has 0 bridgehead atoms. The molecular formula is C16H16ClNO2S. The van der Waals surface area contributed by atoms with Crippen LogP contribution in [0.4, 0.5) is 0 Å². The largest absolute Gasteiger partial charge is 0.493 e. The van der Waals surface area contributed by atoms with Crippen molar-refractivity contribution in [3.63, 3.8) is 0 Å². The Kier molecular flexibility index (Phi) is 5.84. The summed E-state index contributed by atoms with van der Waals surface area (Å²) in [6, 6.07) is 14.8. The van der Waals surface area contributed by atoms with E-state index in [1.54, 1.807) is 6.07 Å². The molecule has 0 aliphatic rings. The minimum atomic E-state index is 0.331. The van der Waals surface area contributed by atoms with Crippen LogP contribution in [-0.4, -0.2) is 18.2 Å². The van der Waals surface area contributed by atoms with Crippen molar-refractivity contribution < 1.29 is 9.47 Å². The number of hydrogen-bond acceptors (Lipinski definition) is 3. The first kappa shape index (κ1) is 15.6. The Hall–Kier alpha value is -1.78. The first-order valence-electron chi connectivity index (χ1n) is 6.57. The van der Waals surface area contributed by atoms with E-state index >= 15 is 0 Å². The summed E-state index contributed by atoms with van der Waals surface area (Å²) < 4.78 is 11.3. The van der Waals surface area contributed by atoms with Gasteiger partial charge in [0.2, 0.25) is 0 Å². The van der Waals surface area contributed by atoms with Crippen molar-refractivity contribution in [2.75, 3.05) is 13.2 Å². The molecule has 21 heavy (non-hydrogen) atoms. The quantitative estimate of drug-likeness (QED) is 0.622.